The van der Waals surface area contributed by atoms with Crippen LogP contribution in [0.1, 0.15) is 65.2 Å². The molecule has 0 heterocycles. The predicted molar refractivity (Wildman–Crippen MR) is 83.1 cm³/mol. The molecule has 0 radical (unpaired) electrons. The van der Waals surface area contributed by atoms with Gasteiger partial charge in [0.15, 0.2) is 0 Å². The highest BCUT2D eigenvalue weighted by Gasteiger charge is 2.06. The van der Waals surface area contributed by atoms with E-state index in [-0.39, 0.29) is 25.0 Å². The van der Waals surface area contributed by atoms with E-state index in [0.29, 0.717) is 13.2 Å². The van der Waals surface area contributed by atoms with Crippen molar-refractivity contribution in [2.75, 3.05) is 26.3 Å². The van der Waals surface area contributed by atoms with E-state index >= 15 is 0 Å². The quantitative estimate of drug-likeness (QED) is 0.395. The van der Waals surface area contributed by atoms with E-state index in [1.54, 1.807) is 0 Å². The molecule has 0 amide bonds. The number of esters is 2. The molecule has 0 aliphatic carbocycles. The number of carbonyl (C=O) groups is 2. The molecule has 0 aromatic carbocycles. The maximum absolute atomic E-state index is 11.4. The summed E-state index contributed by atoms with van der Waals surface area (Å²) in [6, 6.07) is 0. The van der Waals surface area contributed by atoms with Crippen molar-refractivity contribution in [3.8, 4) is 0 Å². The number of unbranched alkanes of at least 4 members (excludes halogenated alkanes) is 6. The number of carbonyl (C=O) groups excluding carboxylic acids is 2. The summed E-state index contributed by atoms with van der Waals surface area (Å²) in [5.41, 5.74) is 0. The zero-order valence-corrected chi connectivity index (χ0v) is 13.6. The van der Waals surface area contributed by atoms with Crippen molar-refractivity contribution in [2.24, 2.45) is 0 Å². The summed E-state index contributed by atoms with van der Waals surface area (Å²) in [4.78, 5) is 22.7. The maximum Gasteiger partial charge on any atom is 0.319 e. The molecule has 0 aliphatic heterocycles. The van der Waals surface area contributed by atoms with Gasteiger partial charge < -0.3 is 9.47 Å². The number of ether oxygens (including phenoxy) is 2. The van der Waals surface area contributed by atoms with Crippen LogP contribution in [0, 0.1) is 0 Å². The van der Waals surface area contributed by atoms with Crippen LogP contribution >= 0.6 is 0 Å². The summed E-state index contributed by atoms with van der Waals surface area (Å²) in [5, 5.41) is 2.74. The summed E-state index contributed by atoms with van der Waals surface area (Å²) < 4.78 is 10.1. The second kappa shape index (κ2) is 15.3. The minimum Gasteiger partial charge on any atom is -0.465 e. The van der Waals surface area contributed by atoms with Gasteiger partial charge in [-0.25, -0.2) is 0 Å². The molecular formula is C16H31NO4. The standard InChI is InChI=1S/C16H31NO4/c1-3-5-7-9-11-20-15(18)13-17-14-16(19)21-12-10-8-6-4-2/h17H,3-14H2,1-2H3. The van der Waals surface area contributed by atoms with Crippen molar-refractivity contribution in [2.45, 2.75) is 65.2 Å². The fraction of sp³-hybridized carbons (Fsp3) is 0.875. The molecule has 0 fully saturated rings. The topological polar surface area (TPSA) is 64.6 Å². The van der Waals surface area contributed by atoms with Gasteiger partial charge in [-0.15, -0.1) is 0 Å². The van der Waals surface area contributed by atoms with Gasteiger partial charge in [-0.05, 0) is 12.8 Å². The van der Waals surface area contributed by atoms with E-state index in [2.05, 4.69) is 19.2 Å². The summed E-state index contributed by atoms with van der Waals surface area (Å²) in [6.07, 6.45) is 8.63. The maximum atomic E-state index is 11.4. The van der Waals surface area contributed by atoms with E-state index in [1.165, 1.54) is 12.8 Å². The second-order valence-corrected chi connectivity index (χ2v) is 5.17. The number of hydrogen-bond donors (Lipinski definition) is 1. The largest absolute Gasteiger partial charge is 0.465 e. The molecule has 0 rings (SSSR count). The van der Waals surface area contributed by atoms with E-state index in [0.717, 1.165) is 38.5 Å². The van der Waals surface area contributed by atoms with Crippen LogP contribution in [-0.4, -0.2) is 38.2 Å². The first-order valence-electron chi connectivity index (χ1n) is 8.22. The zero-order valence-electron chi connectivity index (χ0n) is 13.6. The van der Waals surface area contributed by atoms with Crippen LogP contribution in [0.4, 0.5) is 0 Å². The molecule has 5 heteroatoms. The first-order chi connectivity index (χ1) is 10.2. The van der Waals surface area contributed by atoms with Gasteiger partial charge in [0.25, 0.3) is 0 Å². The molecule has 0 aliphatic rings. The molecular weight excluding hydrogens is 270 g/mol. The van der Waals surface area contributed by atoms with Crippen molar-refractivity contribution in [3.05, 3.63) is 0 Å². The molecule has 0 saturated carbocycles. The van der Waals surface area contributed by atoms with Gasteiger partial charge in [0.2, 0.25) is 0 Å². The molecule has 0 spiro atoms. The molecule has 0 atom stereocenters. The fourth-order valence-electron chi connectivity index (χ4n) is 1.80. The van der Waals surface area contributed by atoms with Crippen molar-refractivity contribution in [1.82, 2.24) is 5.32 Å². The average molecular weight is 301 g/mol. The third-order valence-electron chi connectivity index (χ3n) is 3.06. The van der Waals surface area contributed by atoms with E-state index < -0.39 is 0 Å². The van der Waals surface area contributed by atoms with Crippen LogP contribution in [0.25, 0.3) is 0 Å². The van der Waals surface area contributed by atoms with Gasteiger partial charge in [0, 0.05) is 0 Å². The van der Waals surface area contributed by atoms with Crippen LogP contribution in [0.15, 0.2) is 0 Å². The van der Waals surface area contributed by atoms with Gasteiger partial charge in [-0.3, -0.25) is 14.9 Å². The first-order valence-corrected chi connectivity index (χ1v) is 8.22. The second-order valence-electron chi connectivity index (χ2n) is 5.17. The summed E-state index contributed by atoms with van der Waals surface area (Å²) in [6.45, 7) is 5.31. The molecule has 124 valence electrons. The van der Waals surface area contributed by atoms with Crippen LogP contribution < -0.4 is 5.32 Å². The predicted octanol–water partition coefficient (Wildman–Crippen LogP) is 2.82. The smallest absolute Gasteiger partial charge is 0.319 e. The summed E-state index contributed by atoms with van der Waals surface area (Å²) in [5.74, 6) is -0.635. The molecule has 0 aromatic rings. The van der Waals surface area contributed by atoms with Crippen LogP contribution in [-0.2, 0) is 19.1 Å². The van der Waals surface area contributed by atoms with E-state index in [1.807, 2.05) is 0 Å². The van der Waals surface area contributed by atoms with Crippen molar-refractivity contribution < 1.29 is 19.1 Å². The highest BCUT2D eigenvalue weighted by Crippen LogP contribution is 1.99. The van der Waals surface area contributed by atoms with Crippen molar-refractivity contribution in [1.29, 1.82) is 0 Å². The third-order valence-corrected chi connectivity index (χ3v) is 3.06. The molecule has 0 aromatic heterocycles. The molecule has 0 unspecified atom stereocenters. The van der Waals surface area contributed by atoms with Crippen molar-refractivity contribution >= 4 is 11.9 Å². The molecule has 5 nitrogen and oxygen atoms in total. The van der Waals surface area contributed by atoms with E-state index in [4.69, 9.17) is 9.47 Å². The summed E-state index contributed by atoms with van der Waals surface area (Å²) in [7, 11) is 0. The normalized spacial score (nSPS) is 10.4. The highest BCUT2D eigenvalue weighted by molar-refractivity contribution is 5.74. The molecule has 21 heavy (non-hydrogen) atoms. The van der Waals surface area contributed by atoms with Gasteiger partial charge in [-0.2, -0.15) is 0 Å². The Morgan fingerprint density at radius 3 is 1.52 bits per heavy atom. The SMILES string of the molecule is CCCCCCOC(=O)CNCC(=O)OCCCCCC. The minimum atomic E-state index is -0.317. The lowest BCUT2D eigenvalue weighted by molar-refractivity contribution is -0.144. The summed E-state index contributed by atoms with van der Waals surface area (Å²) >= 11 is 0. The molecule has 0 bridgehead atoms. The Balaban J connectivity index is 3.34. The van der Waals surface area contributed by atoms with Crippen LogP contribution in [0.2, 0.25) is 0 Å². The fourth-order valence-corrected chi connectivity index (χ4v) is 1.80. The highest BCUT2D eigenvalue weighted by atomic mass is 16.5. The Kier molecular flexibility index (Phi) is 14.5. The number of rotatable bonds is 14. The lowest BCUT2D eigenvalue weighted by Gasteiger charge is -2.07. The molecule has 0 saturated heterocycles. The van der Waals surface area contributed by atoms with Crippen molar-refractivity contribution in [3.63, 3.8) is 0 Å². The Morgan fingerprint density at radius 1 is 0.714 bits per heavy atom. The van der Waals surface area contributed by atoms with Crippen LogP contribution in [0.3, 0.4) is 0 Å². The average Bonchev–Trinajstić information content (AvgIpc) is 2.47. The Morgan fingerprint density at radius 2 is 1.14 bits per heavy atom. The zero-order chi connectivity index (χ0) is 15.8. The van der Waals surface area contributed by atoms with E-state index in [9.17, 15) is 9.59 Å². The Labute approximate surface area is 128 Å². The monoisotopic (exact) mass is 301 g/mol. The van der Waals surface area contributed by atoms with Crippen LogP contribution in [0.5, 0.6) is 0 Å². The third kappa shape index (κ3) is 15.1. The molecule has 1 N–H and O–H groups in total. The Hall–Kier alpha value is -1.10. The van der Waals surface area contributed by atoms with Gasteiger partial charge in [0.05, 0.1) is 26.3 Å². The number of hydrogen-bond acceptors (Lipinski definition) is 5. The van der Waals surface area contributed by atoms with Gasteiger partial charge in [0.1, 0.15) is 0 Å². The first kappa shape index (κ1) is 19.9. The minimum absolute atomic E-state index is 0.0543. The van der Waals surface area contributed by atoms with Gasteiger partial charge in [-0.1, -0.05) is 52.4 Å². The van der Waals surface area contributed by atoms with Gasteiger partial charge >= 0.3 is 11.9 Å². The Bertz CT molecular complexity index is 243. The lowest BCUT2D eigenvalue weighted by atomic mass is 10.2. The lowest BCUT2D eigenvalue weighted by Crippen LogP contribution is -2.31. The number of nitrogens with one attached hydrogen (secondary N) is 1.